The van der Waals surface area contributed by atoms with E-state index >= 15 is 0 Å². The number of hydrogen-bond acceptors (Lipinski definition) is 4. The van der Waals surface area contributed by atoms with Crippen molar-refractivity contribution in [3.63, 3.8) is 0 Å². The molecule has 4 heteroatoms. The highest BCUT2D eigenvalue weighted by Gasteiger charge is 2.29. The van der Waals surface area contributed by atoms with E-state index in [1.54, 1.807) is 13.8 Å². The van der Waals surface area contributed by atoms with Crippen LogP contribution in [0.25, 0.3) is 22.3 Å². The first-order valence-corrected chi connectivity index (χ1v) is 12.7. The van der Waals surface area contributed by atoms with Crippen LogP contribution in [0, 0.1) is 0 Å². The third kappa shape index (κ3) is 5.98. The molecule has 0 saturated carbocycles. The molecular formula is C34H30O4. The number of hydrogen-bond donors (Lipinski definition) is 0. The van der Waals surface area contributed by atoms with E-state index in [-0.39, 0.29) is 13.2 Å². The lowest BCUT2D eigenvalue weighted by Crippen LogP contribution is -2.14. The molecule has 4 aromatic carbocycles. The van der Waals surface area contributed by atoms with Crippen molar-refractivity contribution < 1.29 is 19.1 Å². The zero-order chi connectivity index (χ0) is 26.7. The second kappa shape index (κ2) is 13.0. The summed E-state index contributed by atoms with van der Waals surface area (Å²) in [5.74, 6) is -0.940. The average molecular weight is 503 g/mol. The molecular weight excluding hydrogens is 472 g/mol. The normalized spacial score (nSPS) is 12.2. The maximum Gasteiger partial charge on any atom is 0.339 e. The summed E-state index contributed by atoms with van der Waals surface area (Å²) in [6, 6.07) is 38.1. The topological polar surface area (TPSA) is 52.6 Å². The number of ether oxygens (including phenoxy) is 2. The van der Waals surface area contributed by atoms with Gasteiger partial charge < -0.3 is 9.47 Å². The molecule has 0 N–H and O–H groups in total. The van der Waals surface area contributed by atoms with Crippen LogP contribution in [-0.2, 0) is 19.1 Å². The highest BCUT2D eigenvalue weighted by molar-refractivity contribution is 6.40. The van der Waals surface area contributed by atoms with E-state index in [9.17, 15) is 9.59 Å². The molecule has 38 heavy (non-hydrogen) atoms. The molecule has 0 saturated heterocycles. The molecule has 0 aliphatic heterocycles. The maximum absolute atomic E-state index is 13.7. The van der Waals surface area contributed by atoms with Gasteiger partial charge in [-0.1, -0.05) is 121 Å². The van der Waals surface area contributed by atoms with Gasteiger partial charge in [-0.15, -0.1) is 0 Å². The minimum Gasteiger partial charge on any atom is -0.462 e. The molecule has 0 amide bonds. The Bertz CT molecular complexity index is 1310. The molecule has 4 rings (SSSR count). The average Bonchev–Trinajstić information content (AvgIpc) is 2.97. The van der Waals surface area contributed by atoms with Crippen molar-refractivity contribution in [2.75, 3.05) is 13.2 Å². The molecule has 0 aromatic heterocycles. The highest BCUT2D eigenvalue weighted by Crippen LogP contribution is 2.43. The first kappa shape index (κ1) is 26.4. The molecule has 0 aliphatic carbocycles. The Labute approximate surface area is 223 Å². The second-order valence-corrected chi connectivity index (χ2v) is 8.41. The maximum atomic E-state index is 13.7. The third-order valence-corrected chi connectivity index (χ3v) is 5.96. The Morgan fingerprint density at radius 2 is 0.658 bits per heavy atom. The number of carbonyl (C=O) groups excluding carboxylic acids is 2. The first-order valence-electron chi connectivity index (χ1n) is 12.7. The minimum atomic E-state index is -0.470. The quantitative estimate of drug-likeness (QED) is 0.104. The van der Waals surface area contributed by atoms with E-state index in [4.69, 9.17) is 9.47 Å². The second-order valence-electron chi connectivity index (χ2n) is 8.41. The van der Waals surface area contributed by atoms with E-state index in [0.29, 0.717) is 33.4 Å². The molecule has 0 unspecified atom stereocenters. The fourth-order valence-corrected chi connectivity index (χ4v) is 4.38. The number of esters is 2. The van der Waals surface area contributed by atoms with Crippen molar-refractivity contribution in [2.45, 2.75) is 13.8 Å². The lowest BCUT2D eigenvalue weighted by atomic mass is 9.82. The van der Waals surface area contributed by atoms with Crippen molar-refractivity contribution in [1.82, 2.24) is 0 Å². The third-order valence-electron chi connectivity index (χ3n) is 5.96. The standard InChI is InChI=1S/C34H30O4/c1-3-37-33(35)31(27-21-13-7-14-22-27)29(25-17-9-5-10-18-25)30(26-19-11-6-12-20-26)32(34(36)38-4-2)28-23-15-8-16-24-28/h5-24H,3-4H2,1-2H3/b31-29-,32-30-. The monoisotopic (exact) mass is 502 g/mol. The number of allylic oxidation sites excluding steroid dienone is 2. The van der Waals surface area contributed by atoms with Crippen LogP contribution in [0.15, 0.2) is 121 Å². The van der Waals surface area contributed by atoms with Gasteiger partial charge in [-0.05, 0) is 36.1 Å². The molecule has 0 spiro atoms. The Balaban J connectivity index is 2.25. The van der Waals surface area contributed by atoms with Gasteiger partial charge in [0.05, 0.1) is 24.4 Å². The lowest BCUT2D eigenvalue weighted by Gasteiger charge is -2.22. The SMILES string of the molecule is CCOC(=O)/C(=C(\C(=C(/C(=O)OCC)c1ccccc1)c1ccccc1)c1ccccc1)c1ccccc1. The molecule has 4 nitrogen and oxygen atoms in total. The van der Waals surface area contributed by atoms with E-state index < -0.39 is 11.9 Å². The molecule has 4 aromatic rings. The van der Waals surface area contributed by atoms with Gasteiger partial charge >= 0.3 is 11.9 Å². The van der Waals surface area contributed by atoms with Crippen LogP contribution in [0.2, 0.25) is 0 Å². The fraction of sp³-hybridized carbons (Fsp3) is 0.118. The molecule has 0 fully saturated rings. The van der Waals surface area contributed by atoms with Crippen LogP contribution in [0.4, 0.5) is 0 Å². The lowest BCUT2D eigenvalue weighted by molar-refractivity contribution is -0.137. The van der Waals surface area contributed by atoms with Gasteiger partial charge in [0.15, 0.2) is 0 Å². The van der Waals surface area contributed by atoms with Crippen LogP contribution in [0.1, 0.15) is 36.1 Å². The van der Waals surface area contributed by atoms with Gasteiger partial charge in [-0.25, -0.2) is 9.59 Å². The van der Waals surface area contributed by atoms with Gasteiger partial charge in [0, 0.05) is 11.1 Å². The zero-order valence-electron chi connectivity index (χ0n) is 21.6. The molecule has 0 radical (unpaired) electrons. The minimum absolute atomic E-state index is 0.213. The Morgan fingerprint density at radius 1 is 0.421 bits per heavy atom. The highest BCUT2D eigenvalue weighted by atomic mass is 16.5. The summed E-state index contributed by atoms with van der Waals surface area (Å²) >= 11 is 0. The van der Waals surface area contributed by atoms with Crippen LogP contribution in [-0.4, -0.2) is 25.2 Å². The van der Waals surface area contributed by atoms with E-state index in [1.165, 1.54) is 0 Å². The zero-order valence-corrected chi connectivity index (χ0v) is 21.6. The summed E-state index contributed by atoms with van der Waals surface area (Å²) in [4.78, 5) is 27.5. The molecule has 0 heterocycles. The summed E-state index contributed by atoms with van der Waals surface area (Å²) in [5, 5.41) is 0. The van der Waals surface area contributed by atoms with E-state index in [0.717, 1.165) is 11.1 Å². The van der Waals surface area contributed by atoms with Crippen molar-refractivity contribution in [3.8, 4) is 0 Å². The predicted molar refractivity (Wildman–Crippen MR) is 153 cm³/mol. The number of carbonyl (C=O) groups is 2. The fourth-order valence-electron chi connectivity index (χ4n) is 4.38. The van der Waals surface area contributed by atoms with Crippen LogP contribution in [0.5, 0.6) is 0 Å². The molecule has 190 valence electrons. The van der Waals surface area contributed by atoms with Crippen molar-refractivity contribution in [1.29, 1.82) is 0 Å². The summed E-state index contributed by atoms with van der Waals surface area (Å²) in [5.41, 5.74) is 4.85. The van der Waals surface area contributed by atoms with E-state index in [1.807, 2.05) is 121 Å². The van der Waals surface area contributed by atoms with Crippen LogP contribution >= 0.6 is 0 Å². The van der Waals surface area contributed by atoms with Gasteiger partial charge in [-0.2, -0.15) is 0 Å². The predicted octanol–water partition coefficient (Wildman–Crippen LogP) is 7.33. The van der Waals surface area contributed by atoms with Gasteiger partial charge in [0.25, 0.3) is 0 Å². The number of rotatable bonds is 9. The first-order chi connectivity index (χ1) is 18.7. The van der Waals surface area contributed by atoms with Gasteiger partial charge in [0.2, 0.25) is 0 Å². The van der Waals surface area contributed by atoms with Crippen molar-refractivity contribution in [2.24, 2.45) is 0 Å². The molecule has 0 atom stereocenters. The van der Waals surface area contributed by atoms with Gasteiger partial charge in [-0.3, -0.25) is 0 Å². The summed E-state index contributed by atoms with van der Waals surface area (Å²) in [7, 11) is 0. The van der Waals surface area contributed by atoms with Crippen molar-refractivity contribution >= 4 is 34.2 Å². The smallest absolute Gasteiger partial charge is 0.339 e. The van der Waals surface area contributed by atoms with Crippen molar-refractivity contribution in [3.05, 3.63) is 144 Å². The Hall–Kier alpha value is -4.70. The molecule has 0 bridgehead atoms. The van der Waals surface area contributed by atoms with Crippen LogP contribution in [0.3, 0.4) is 0 Å². The summed E-state index contributed by atoms with van der Waals surface area (Å²) < 4.78 is 11.2. The van der Waals surface area contributed by atoms with Crippen LogP contribution < -0.4 is 0 Å². The largest absolute Gasteiger partial charge is 0.462 e. The Kier molecular flexibility index (Phi) is 9.03. The van der Waals surface area contributed by atoms with Gasteiger partial charge in [0.1, 0.15) is 0 Å². The number of benzene rings is 4. The molecule has 0 aliphatic rings. The van der Waals surface area contributed by atoms with E-state index in [2.05, 4.69) is 0 Å². The Morgan fingerprint density at radius 3 is 0.895 bits per heavy atom. The summed E-state index contributed by atoms with van der Waals surface area (Å²) in [6.07, 6.45) is 0. The summed E-state index contributed by atoms with van der Waals surface area (Å²) in [6.45, 7) is 3.99.